The first kappa shape index (κ1) is 15.2. The van der Waals surface area contributed by atoms with Crippen LogP contribution in [0, 0.1) is 5.92 Å². The van der Waals surface area contributed by atoms with Crippen molar-refractivity contribution in [1.82, 2.24) is 5.32 Å². The predicted octanol–water partition coefficient (Wildman–Crippen LogP) is 4.78. The maximum atomic E-state index is 6.63. The van der Waals surface area contributed by atoms with Gasteiger partial charge < -0.3 is 10.2 Å². The number of halogens is 1. The van der Waals surface area contributed by atoms with Crippen LogP contribution in [0.1, 0.15) is 57.6 Å². The lowest BCUT2D eigenvalue weighted by Crippen LogP contribution is -2.42. The lowest BCUT2D eigenvalue weighted by molar-refractivity contribution is 0.362. The fourth-order valence-electron chi connectivity index (χ4n) is 4.20. The molecule has 1 aliphatic carbocycles. The molecule has 2 fully saturated rings. The molecule has 1 aromatic rings. The van der Waals surface area contributed by atoms with Crippen LogP contribution in [0.2, 0.25) is 5.02 Å². The number of anilines is 1. The van der Waals surface area contributed by atoms with E-state index < -0.39 is 0 Å². The van der Waals surface area contributed by atoms with Crippen LogP contribution in [0.15, 0.2) is 18.2 Å². The minimum absolute atomic E-state index is 0.363. The van der Waals surface area contributed by atoms with E-state index in [0.717, 1.165) is 23.5 Å². The second-order valence-electron chi connectivity index (χ2n) is 6.58. The van der Waals surface area contributed by atoms with E-state index in [4.69, 9.17) is 11.6 Å². The minimum Gasteiger partial charge on any atom is -0.367 e. The van der Waals surface area contributed by atoms with Crippen LogP contribution >= 0.6 is 11.6 Å². The first-order valence-corrected chi connectivity index (χ1v) is 8.88. The number of nitrogens with zero attached hydrogens (tertiary/aromatic N) is 1. The molecule has 1 N–H and O–H groups in total. The first-order chi connectivity index (χ1) is 10.2. The number of piperidine rings is 1. The predicted molar refractivity (Wildman–Crippen MR) is 91.3 cm³/mol. The second-order valence-corrected chi connectivity index (χ2v) is 6.99. The van der Waals surface area contributed by atoms with Gasteiger partial charge in [0.1, 0.15) is 0 Å². The fourth-order valence-corrected chi connectivity index (χ4v) is 4.50. The number of hydrogen-bond donors (Lipinski definition) is 1. The highest BCUT2D eigenvalue weighted by Gasteiger charge is 2.35. The lowest BCUT2D eigenvalue weighted by Gasteiger charge is -2.40. The summed E-state index contributed by atoms with van der Waals surface area (Å²) in [5.74, 6) is 0.898. The summed E-state index contributed by atoms with van der Waals surface area (Å²) in [5.41, 5.74) is 2.53. The van der Waals surface area contributed by atoms with Gasteiger partial charge in [-0.05, 0) is 62.8 Å². The van der Waals surface area contributed by atoms with Crippen molar-refractivity contribution >= 4 is 17.3 Å². The Hall–Kier alpha value is -0.730. The normalized spacial score (nSPS) is 26.7. The summed E-state index contributed by atoms with van der Waals surface area (Å²) in [6, 6.07) is 7.73. The highest BCUT2D eigenvalue weighted by atomic mass is 35.5. The summed E-state index contributed by atoms with van der Waals surface area (Å²) >= 11 is 6.63. The van der Waals surface area contributed by atoms with Gasteiger partial charge in [0.25, 0.3) is 0 Å². The smallest absolute Gasteiger partial charge is 0.0642 e. The summed E-state index contributed by atoms with van der Waals surface area (Å²) in [7, 11) is 0. The van der Waals surface area contributed by atoms with Gasteiger partial charge in [0.2, 0.25) is 0 Å². The Morgan fingerprint density at radius 1 is 1.29 bits per heavy atom. The zero-order chi connectivity index (χ0) is 14.8. The molecule has 3 unspecified atom stereocenters. The van der Waals surface area contributed by atoms with Crippen LogP contribution in [0.25, 0.3) is 0 Å². The minimum atomic E-state index is 0.363. The van der Waals surface area contributed by atoms with Crippen LogP contribution in [-0.4, -0.2) is 19.1 Å². The molecule has 0 bridgehead atoms. The van der Waals surface area contributed by atoms with Crippen LogP contribution in [-0.2, 0) is 0 Å². The monoisotopic (exact) mass is 306 g/mol. The highest BCUT2D eigenvalue weighted by molar-refractivity contribution is 6.33. The molecule has 21 heavy (non-hydrogen) atoms. The Morgan fingerprint density at radius 3 is 2.86 bits per heavy atom. The summed E-state index contributed by atoms with van der Waals surface area (Å²) in [6.45, 7) is 6.49. The summed E-state index contributed by atoms with van der Waals surface area (Å²) in [4.78, 5) is 2.59. The topological polar surface area (TPSA) is 15.3 Å². The molecule has 3 rings (SSSR count). The average Bonchev–Trinajstić information content (AvgIpc) is 2.96. The summed E-state index contributed by atoms with van der Waals surface area (Å²) in [5, 5.41) is 4.37. The molecule has 1 aromatic carbocycles. The molecule has 0 radical (unpaired) electrons. The first-order valence-electron chi connectivity index (χ1n) is 8.50. The maximum Gasteiger partial charge on any atom is 0.0642 e. The van der Waals surface area contributed by atoms with Gasteiger partial charge in [0, 0.05) is 18.6 Å². The van der Waals surface area contributed by atoms with Crippen LogP contribution in [0.5, 0.6) is 0 Å². The van der Waals surface area contributed by atoms with E-state index in [2.05, 4.69) is 42.3 Å². The summed E-state index contributed by atoms with van der Waals surface area (Å²) < 4.78 is 0. The van der Waals surface area contributed by atoms with Gasteiger partial charge in [-0.15, -0.1) is 0 Å². The van der Waals surface area contributed by atoms with Crippen molar-refractivity contribution in [3.8, 4) is 0 Å². The third-order valence-electron chi connectivity index (χ3n) is 5.28. The highest BCUT2D eigenvalue weighted by Crippen LogP contribution is 2.41. The molecule has 1 aliphatic heterocycles. The standard InChI is InChI=1S/C18H27ClN2/c1-3-20-13(2)15-9-10-18(16(19)12-15)21-11-5-7-14-6-4-8-17(14)21/h9-10,12-14,17,20H,3-8,11H2,1-2H3. The van der Waals surface area contributed by atoms with E-state index in [1.165, 1.54) is 49.9 Å². The van der Waals surface area contributed by atoms with Gasteiger partial charge in [0.15, 0.2) is 0 Å². The van der Waals surface area contributed by atoms with Gasteiger partial charge in [-0.1, -0.05) is 31.0 Å². The Balaban J connectivity index is 1.82. The zero-order valence-electron chi connectivity index (χ0n) is 13.2. The van der Waals surface area contributed by atoms with Crippen molar-refractivity contribution < 1.29 is 0 Å². The Kier molecular flexibility index (Phi) is 4.75. The van der Waals surface area contributed by atoms with Crippen molar-refractivity contribution in [2.75, 3.05) is 18.0 Å². The van der Waals surface area contributed by atoms with E-state index in [9.17, 15) is 0 Å². The van der Waals surface area contributed by atoms with Crippen molar-refractivity contribution in [3.05, 3.63) is 28.8 Å². The second kappa shape index (κ2) is 6.58. The Morgan fingerprint density at radius 2 is 2.10 bits per heavy atom. The molecular formula is C18H27ClN2. The van der Waals surface area contributed by atoms with Crippen LogP contribution in [0.4, 0.5) is 5.69 Å². The van der Waals surface area contributed by atoms with Gasteiger partial charge in [0.05, 0.1) is 10.7 Å². The van der Waals surface area contributed by atoms with E-state index in [0.29, 0.717) is 6.04 Å². The molecule has 3 heteroatoms. The molecule has 2 aliphatic rings. The Bertz CT molecular complexity index is 488. The van der Waals surface area contributed by atoms with Gasteiger partial charge in [-0.25, -0.2) is 0 Å². The molecule has 0 aromatic heterocycles. The third-order valence-corrected chi connectivity index (χ3v) is 5.59. The molecule has 0 amide bonds. The molecular weight excluding hydrogens is 280 g/mol. The van der Waals surface area contributed by atoms with E-state index in [1.54, 1.807) is 0 Å². The van der Waals surface area contributed by atoms with E-state index >= 15 is 0 Å². The largest absolute Gasteiger partial charge is 0.367 e. The molecule has 1 heterocycles. The molecule has 1 saturated carbocycles. The molecule has 116 valence electrons. The maximum absolute atomic E-state index is 6.63. The van der Waals surface area contributed by atoms with E-state index in [1.807, 2.05) is 0 Å². The lowest BCUT2D eigenvalue weighted by atomic mass is 9.91. The van der Waals surface area contributed by atoms with Crippen molar-refractivity contribution in [3.63, 3.8) is 0 Å². The van der Waals surface area contributed by atoms with Crippen molar-refractivity contribution in [1.29, 1.82) is 0 Å². The fraction of sp³-hybridized carbons (Fsp3) is 0.667. The summed E-state index contributed by atoms with van der Waals surface area (Å²) in [6.07, 6.45) is 6.87. The van der Waals surface area contributed by atoms with Crippen LogP contribution < -0.4 is 10.2 Å². The molecule has 2 nitrogen and oxygen atoms in total. The Labute approximate surface area is 133 Å². The molecule has 3 atom stereocenters. The molecule has 0 spiro atoms. The quantitative estimate of drug-likeness (QED) is 0.861. The molecule has 1 saturated heterocycles. The van der Waals surface area contributed by atoms with Crippen molar-refractivity contribution in [2.45, 2.75) is 58.0 Å². The van der Waals surface area contributed by atoms with Gasteiger partial charge in [-0.3, -0.25) is 0 Å². The number of fused-ring (bicyclic) bond motifs is 1. The SMILES string of the molecule is CCNC(C)c1ccc(N2CCCC3CCCC32)c(Cl)c1. The number of hydrogen-bond acceptors (Lipinski definition) is 2. The van der Waals surface area contributed by atoms with Gasteiger partial charge in [-0.2, -0.15) is 0 Å². The van der Waals surface area contributed by atoms with Crippen molar-refractivity contribution in [2.24, 2.45) is 5.92 Å². The number of rotatable bonds is 4. The zero-order valence-corrected chi connectivity index (χ0v) is 14.0. The number of nitrogens with one attached hydrogen (secondary N) is 1. The van der Waals surface area contributed by atoms with Gasteiger partial charge >= 0.3 is 0 Å². The van der Waals surface area contributed by atoms with E-state index in [-0.39, 0.29) is 0 Å². The van der Waals surface area contributed by atoms with Crippen LogP contribution in [0.3, 0.4) is 0 Å². The number of benzene rings is 1. The third kappa shape index (κ3) is 3.07. The average molecular weight is 307 g/mol.